The molecule has 0 fully saturated rings. The van der Waals surface area contributed by atoms with Crippen LogP contribution in [0.25, 0.3) is 11.1 Å². The molecule has 6 heteroatoms. The number of hydrogen-bond donors (Lipinski definition) is 2. The zero-order valence-electron chi connectivity index (χ0n) is 14.1. The molecular formula is C19H19NO5. The van der Waals surface area contributed by atoms with Crippen molar-refractivity contribution in [2.45, 2.75) is 18.9 Å². The summed E-state index contributed by atoms with van der Waals surface area (Å²) in [7, 11) is 3.16. The van der Waals surface area contributed by atoms with Crippen LogP contribution in [-0.4, -0.2) is 32.7 Å². The van der Waals surface area contributed by atoms with Crippen molar-refractivity contribution in [2.24, 2.45) is 0 Å². The smallest absolute Gasteiger partial charge is 0.231 e. The molecule has 5 rings (SSSR count). The van der Waals surface area contributed by atoms with Crippen LogP contribution in [0.1, 0.15) is 22.7 Å². The van der Waals surface area contributed by atoms with E-state index in [9.17, 15) is 5.11 Å². The molecular weight excluding hydrogens is 322 g/mol. The van der Waals surface area contributed by atoms with E-state index in [1.54, 1.807) is 14.2 Å². The summed E-state index contributed by atoms with van der Waals surface area (Å²) in [6.07, 6.45) is 1.66. The number of aromatic hydroxyl groups is 1. The highest BCUT2D eigenvalue weighted by Gasteiger charge is 2.37. The molecule has 130 valence electrons. The van der Waals surface area contributed by atoms with Crippen molar-refractivity contribution < 1.29 is 24.1 Å². The Kier molecular flexibility index (Phi) is 3.06. The van der Waals surface area contributed by atoms with Gasteiger partial charge in [-0.15, -0.1) is 0 Å². The number of benzene rings is 2. The van der Waals surface area contributed by atoms with Crippen LogP contribution in [0.5, 0.6) is 28.7 Å². The van der Waals surface area contributed by atoms with Crippen molar-refractivity contribution in [3.05, 3.63) is 28.8 Å². The fourth-order valence-corrected chi connectivity index (χ4v) is 4.33. The highest BCUT2D eigenvalue weighted by molar-refractivity contribution is 5.87. The van der Waals surface area contributed by atoms with Crippen LogP contribution in [0.3, 0.4) is 0 Å². The highest BCUT2D eigenvalue weighted by atomic mass is 16.7. The monoisotopic (exact) mass is 341 g/mol. The number of hydrogen-bond acceptors (Lipinski definition) is 6. The Balaban J connectivity index is 1.87. The Bertz CT molecular complexity index is 892. The number of methoxy groups -OCH3 is 2. The highest BCUT2D eigenvalue weighted by Crippen LogP contribution is 2.56. The Morgan fingerprint density at radius 3 is 2.64 bits per heavy atom. The van der Waals surface area contributed by atoms with Crippen LogP contribution >= 0.6 is 0 Å². The average Bonchev–Trinajstić information content (AvgIpc) is 3.07. The molecule has 6 nitrogen and oxygen atoms in total. The molecule has 2 N–H and O–H groups in total. The molecule has 0 saturated carbocycles. The zero-order valence-corrected chi connectivity index (χ0v) is 14.1. The predicted octanol–water partition coefficient (Wildman–Crippen LogP) is 2.55. The van der Waals surface area contributed by atoms with E-state index in [1.807, 2.05) is 12.1 Å². The van der Waals surface area contributed by atoms with Gasteiger partial charge in [-0.05, 0) is 48.2 Å². The summed E-state index contributed by atoms with van der Waals surface area (Å²) in [4.78, 5) is 0. The molecule has 2 aromatic rings. The first-order chi connectivity index (χ1) is 12.2. The van der Waals surface area contributed by atoms with Gasteiger partial charge in [-0.3, -0.25) is 0 Å². The lowest BCUT2D eigenvalue weighted by molar-refractivity contribution is 0.174. The number of ether oxygens (including phenoxy) is 4. The largest absolute Gasteiger partial charge is 0.502 e. The fourth-order valence-electron chi connectivity index (χ4n) is 4.33. The Morgan fingerprint density at radius 2 is 1.88 bits per heavy atom. The van der Waals surface area contributed by atoms with E-state index in [-0.39, 0.29) is 18.6 Å². The van der Waals surface area contributed by atoms with Crippen LogP contribution in [-0.2, 0) is 12.8 Å². The maximum Gasteiger partial charge on any atom is 0.231 e. The third kappa shape index (κ3) is 1.88. The number of phenols is 1. The van der Waals surface area contributed by atoms with E-state index in [1.165, 1.54) is 0 Å². The summed E-state index contributed by atoms with van der Waals surface area (Å²) < 4.78 is 22.2. The van der Waals surface area contributed by atoms with Crippen molar-refractivity contribution in [1.29, 1.82) is 0 Å². The molecule has 1 aliphatic carbocycles. The Labute approximate surface area is 145 Å². The summed E-state index contributed by atoms with van der Waals surface area (Å²) in [5.74, 6) is 2.53. The van der Waals surface area contributed by atoms with Gasteiger partial charge in [0.2, 0.25) is 12.5 Å². The predicted molar refractivity (Wildman–Crippen MR) is 90.9 cm³/mol. The molecule has 3 aliphatic rings. The van der Waals surface area contributed by atoms with E-state index < -0.39 is 0 Å². The first-order valence-corrected chi connectivity index (χ1v) is 8.38. The van der Waals surface area contributed by atoms with E-state index in [0.29, 0.717) is 11.5 Å². The van der Waals surface area contributed by atoms with Gasteiger partial charge >= 0.3 is 0 Å². The normalized spacial score (nSPS) is 19.2. The van der Waals surface area contributed by atoms with Gasteiger partial charge in [0.05, 0.1) is 14.2 Å². The topological polar surface area (TPSA) is 69.2 Å². The Hall–Kier alpha value is -2.60. The summed E-state index contributed by atoms with van der Waals surface area (Å²) in [6.45, 7) is 1.09. The second-order valence-electron chi connectivity index (χ2n) is 6.51. The lowest BCUT2D eigenvalue weighted by Gasteiger charge is -2.36. The molecule has 0 amide bonds. The first kappa shape index (κ1) is 14.7. The number of fused-ring (bicyclic) bond motifs is 3. The van der Waals surface area contributed by atoms with Crippen LogP contribution in [0.15, 0.2) is 12.1 Å². The molecule has 2 aliphatic heterocycles. The van der Waals surface area contributed by atoms with Gasteiger partial charge in [-0.25, -0.2) is 0 Å². The minimum atomic E-state index is 0.0601. The maximum atomic E-state index is 10.8. The van der Waals surface area contributed by atoms with Crippen molar-refractivity contribution in [3.8, 4) is 39.9 Å². The second kappa shape index (κ2) is 5.20. The van der Waals surface area contributed by atoms with Gasteiger partial charge in [-0.1, -0.05) is 0 Å². The number of rotatable bonds is 2. The van der Waals surface area contributed by atoms with Crippen LogP contribution in [0, 0.1) is 0 Å². The van der Waals surface area contributed by atoms with E-state index in [4.69, 9.17) is 18.9 Å². The van der Waals surface area contributed by atoms with Crippen molar-refractivity contribution in [1.82, 2.24) is 5.32 Å². The van der Waals surface area contributed by atoms with Crippen molar-refractivity contribution >= 4 is 0 Å². The molecule has 1 atom stereocenters. The Morgan fingerprint density at radius 1 is 1.12 bits per heavy atom. The quantitative estimate of drug-likeness (QED) is 0.875. The van der Waals surface area contributed by atoms with E-state index in [2.05, 4.69) is 5.32 Å². The maximum absolute atomic E-state index is 10.8. The summed E-state index contributed by atoms with van der Waals surface area (Å²) in [5, 5.41) is 14.3. The molecule has 25 heavy (non-hydrogen) atoms. The standard InChI is InChI=1S/C19H19NO5/c1-22-18-10-3-4-20-12-5-9-6-13-14(25-8-24-13)7-11(9)16(15(10)12)19(23-2)17(18)21/h6-7,12,20-21H,3-5,8H2,1-2H3/t12-/m1/s1. The molecule has 0 radical (unpaired) electrons. The summed E-state index contributed by atoms with van der Waals surface area (Å²) in [6, 6.07) is 4.19. The molecule has 0 aromatic heterocycles. The molecule has 0 saturated heterocycles. The second-order valence-corrected chi connectivity index (χ2v) is 6.51. The van der Waals surface area contributed by atoms with Crippen molar-refractivity contribution in [2.75, 3.05) is 27.6 Å². The summed E-state index contributed by atoms with van der Waals surface area (Å²) >= 11 is 0. The third-order valence-corrected chi connectivity index (χ3v) is 5.34. The molecule has 0 bridgehead atoms. The van der Waals surface area contributed by atoms with E-state index in [0.717, 1.165) is 58.7 Å². The van der Waals surface area contributed by atoms with Gasteiger partial charge in [0.1, 0.15) is 0 Å². The minimum Gasteiger partial charge on any atom is -0.502 e. The van der Waals surface area contributed by atoms with Gasteiger partial charge in [0.25, 0.3) is 0 Å². The van der Waals surface area contributed by atoms with Crippen LogP contribution in [0.4, 0.5) is 0 Å². The SMILES string of the molecule is COc1c(O)c(OC)c2c3c1CCN[C@@H]3Cc1cc3c(cc1-2)OCO3. The number of phenolic OH excluding ortho intramolecular Hbond substituents is 1. The van der Waals surface area contributed by atoms with Crippen molar-refractivity contribution in [3.63, 3.8) is 0 Å². The first-order valence-electron chi connectivity index (χ1n) is 8.38. The van der Waals surface area contributed by atoms with Gasteiger partial charge < -0.3 is 29.4 Å². The lowest BCUT2D eigenvalue weighted by atomic mass is 9.76. The molecule has 0 spiro atoms. The molecule has 2 heterocycles. The molecule has 0 unspecified atom stereocenters. The van der Waals surface area contributed by atoms with E-state index >= 15 is 0 Å². The van der Waals surface area contributed by atoms with Gasteiger partial charge in [-0.2, -0.15) is 0 Å². The molecule has 2 aromatic carbocycles. The third-order valence-electron chi connectivity index (χ3n) is 5.34. The average molecular weight is 341 g/mol. The fraction of sp³-hybridized carbons (Fsp3) is 0.368. The number of nitrogens with one attached hydrogen (secondary N) is 1. The lowest BCUT2D eigenvalue weighted by Crippen LogP contribution is -2.34. The van der Waals surface area contributed by atoms with Gasteiger partial charge in [0, 0.05) is 17.2 Å². The van der Waals surface area contributed by atoms with Crippen LogP contribution in [0.2, 0.25) is 0 Å². The minimum absolute atomic E-state index is 0.0601. The van der Waals surface area contributed by atoms with Crippen LogP contribution < -0.4 is 24.3 Å². The zero-order chi connectivity index (χ0) is 17.1. The summed E-state index contributed by atoms with van der Waals surface area (Å²) in [5.41, 5.74) is 5.32. The van der Waals surface area contributed by atoms with Gasteiger partial charge in [0.15, 0.2) is 23.0 Å².